The summed E-state index contributed by atoms with van der Waals surface area (Å²) in [5.41, 5.74) is 3.62. The molecule has 1 aliphatic rings. The number of anilines is 2. The normalized spacial score (nSPS) is 16.4. The molecule has 0 unspecified atom stereocenters. The predicted octanol–water partition coefficient (Wildman–Crippen LogP) is 2.20. The van der Waals surface area contributed by atoms with Gasteiger partial charge in [0.2, 0.25) is 0 Å². The zero-order valence-corrected chi connectivity index (χ0v) is 17.9. The average Bonchev–Trinajstić information content (AvgIpc) is 2.80. The summed E-state index contributed by atoms with van der Waals surface area (Å²) >= 11 is 0. The van der Waals surface area contributed by atoms with E-state index in [1.54, 1.807) is 24.4 Å². The Morgan fingerprint density at radius 1 is 1.19 bits per heavy atom. The van der Waals surface area contributed by atoms with E-state index in [9.17, 15) is 10.0 Å². The van der Waals surface area contributed by atoms with Crippen LogP contribution in [0.3, 0.4) is 0 Å². The van der Waals surface area contributed by atoms with Crippen LogP contribution < -0.4 is 10.8 Å². The first-order valence-electron chi connectivity index (χ1n) is 10.7. The minimum absolute atomic E-state index is 0.146. The van der Waals surface area contributed by atoms with Crippen molar-refractivity contribution in [1.82, 2.24) is 19.9 Å². The molecule has 0 bridgehead atoms. The van der Waals surface area contributed by atoms with Gasteiger partial charge in [0.1, 0.15) is 23.4 Å². The SMILES string of the molecule is Cc1nc(Nc2ccc(C#N)nc2)cc([C@@H]2CCCCN2Cc2cccc(B(O)O)c2)n1. The van der Waals surface area contributed by atoms with Crippen LogP contribution in [-0.4, -0.2) is 43.6 Å². The van der Waals surface area contributed by atoms with Crippen molar-refractivity contribution < 1.29 is 10.0 Å². The van der Waals surface area contributed by atoms with Gasteiger partial charge in [-0.05, 0) is 49.5 Å². The minimum Gasteiger partial charge on any atom is -0.423 e. The van der Waals surface area contributed by atoms with Crippen molar-refractivity contribution in [3.63, 3.8) is 0 Å². The van der Waals surface area contributed by atoms with Crippen molar-refractivity contribution in [2.24, 2.45) is 0 Å². The number of hydrogen-bond donors (Lipinski definition) is 3. The molecule has 1 aliphatic heterocycles. The summed E-state index contributed by atoms with van der Waals surface area (Å²) in [5, 5.41) is 31.2. The molecule has 0 saturated carbocycles. The van der Waals surface area contributed by atoms with Gasteiger partial charge in [-0.25, -0.2) is 15.0 Å². The maximum absolute atomic E-state index is 9.49. The Morgan fingerprint density at radius 2 is 2.06 bits per heavy atom. The van der Waals surface area contributed by atoms with Crippen LogP contribution in [0.2, 0.25) is 0 Å². The number of piperidine rings is 1. The van der Waals surface area contributed by atoms with Gasteiger partial charge >= 0.3 is 7.12 Å². The first-order valence-corrected chi connectivity index (χ1v) is 10.7. The van der Waals surface area contributed by atoms with E-state index < -0.39 is 7.12 Å². The summed E-state index contributed by atoms with van der Waals surface area (Å²) in [5.74, 6) is 1.37. The summed E-state index contributed by atoms with van der Waals surface area (Å²) in [4.78, 5) is 15.7. The van der Waals surface area contributed by atoms with Crippen molar-refractivity contribution in [2.45, 2.75) is 38.8 Å². The molecular formula is C23H25BN6O2. The molecule has 1 aromatic carbocycles. The molecule has 3 N–H and O–H groups in total. The second-order valence-corrected chi connectivity index (χ2v) is 7.99. The summed E-state index contributed by atoms with van der Waals surface area (Å²) in [7, 11) is -1.47. The van der Waals surface area contributed by atoms with E-state index in [1.165, 1.54) is 0 Å². The van der Waals surface area contributed by atoms with Gasteiger partial charge in [-0.15, -0.1) is 0 Å². The van der Waals surface area contributed by atoms with Crippen molar-refractivity contribution in [3.05, 3.63) is 71.4 Å². The van der Waals surface area contributed by atoms with Gasteiger partial charge < -0.3 is 15.4 Å². The Balaban J connectivity index is 1.56. The second-order valence-electron chi connectivity index (χ2n) is 7.99. The zero-order chi connectivity index (χ0) is 22.5. The number of aromatic nitrogens is 3. The molecule has 0 amide bonds. The van der Waals surface area contributed by atoms with Crippen molar-refractivity contribution >= 4 is 24.1 Å². The Bertz CT molecular complexity index is 1120. The van der Waals surface area contributed by atoms with Gasteiger partial charge in [-0.3, -0.25) is 4.90 Å². The lowest BCUT2D eigenvalue weighted by molar-refractivity contribution is 0.137. The summed E-state index contributed by atoms with van der Waals surface area (Å²) in [6.07, 6.45) is 4.86. The van der Waals surface area contributed by atoms with Gasteiger partial charge in [-0.1, -0.05) is 30.7 Å². The third kappa shape index (κ3) is 5.29. The number of nitrogens with one attached hydrogen (secondary N) is 1. The molecule has 32 heavy (non-hydrogen) atoms. The Kier molecular flexibility index (Phi) is 6.76. The van der Waals surface area contributed by atoms with Crippen molar-refractivity contribution in [3.8, 4) is 6.07 Å². The molecule has 0 radical (unpaired) electrons. The number of likely N-dealkylation sites (tertiary alicyclic amines) is 1. The van der Waals surface area contributed by atoms with Crippen LogP contribution >= 0.6 is 0 Å². The van der Waals surface area contributed by atoms with Gasteiger partial charge in [-0.2, -0.15) is 5.26 Å². The molecule has 1 fully saturated rings. The molecule has 9 heteroatoms. The number of pyridine rings is 1. The largest absolute Gasteiger partial charge is 0.488 e. The van der Waals surface area contributed by atoms with E-state index >= 15 is 0 Å². The topological polar surface area (TPSA) is 118 Å². The summed E-state index contributed by atoms with van der Waals surface area (Å²) in [6.45, 7) is 3.53. The van der Waals surface area contributed by atoms with E-state index in [1.807, 2.05) is 37.3 Å². The highest BCUT2D eigenvalue weighted by atomic mass is 16.4. The van der Waals surface area contributed by atoms with Gasteiger partial charge in [0, 0.05) is 12.6 Å². The zero-order valence-electron chi connectivity index (χ0n) is 17.9. The highest BCUT2D eigenvalue weighted by Gasteiger charge is 2.26. The smallest absolute Gasteiger partial charge is 0.423 e. The Morgan fingerprint density at radius 3 is 2.81 bits per heavy atom. The highest BCUT2D eigenvalue weighted by Crippen LogP contribution is 2.32. The molecule has 1 saturated heterocycles. The second kappa shape index (κ2) is 9.87. The predicted molar refractivity (Wildman–Crippen MR) is 122 cm³/mol. The highest BCUT2D eigenvalue weighted by molar-refractivity contribution is 6.58. The van der Waals surface area contributed by atoms with Crippen LogP contribution in [0.15, 0.2) is 48.7 Å². The van der Waals surface area contributed by atoms with E-state index in [0.717, 1.165) is 42.8 Å². The number of nitrogens with zero attached hydrogens (tertiary/aromatic N) is 5. The quantitative estimate of drug-likeness (QED) is 0.512. The van der Waals surface area contributed by atoms with E-state index in [4.69, 9.17) is 10.2 Å². The standard InChI is InChI=1S/C23H25BN6O2/c1-16-27-21(12-23(28-16)29-20-9-8-19(13-25)26-14-20)22-7-2-3-10-30(22)15-17-5-4-6-18(11-17)24(31)32/h4-6,8-9,11-12,14,22,31-32H,2-3,7,10,15H2,1H3,(H,27,28,29)/t22-/m0/s1. The first kappa shape index (κ1) is 21.9. The van der Waals surface area contributed by atoms with Crippen LogP contribution in [-0.2, 0) is 6.54 Å². The van der Waals surface area contributed by atoms with Gasteiger partial charge in [0.05, 0.1) is 23.6 Å². The molecule has 4 rings (SSSR count). The molecule has 0 spiro atoms. The Labute approximate surface area is 187 Å². The van der Waals surface area contributed by atoms with Gasteiger partial charge in [0.15, 0.2) is 0 Å². The number of rotatable bonds is 6. The summed E-state index contributed by atoms with van der Waals surface area (Å²) < 4.78 is 0. The molecular weight excluding hydrogens is 403 g/mol. The third-order valence-electron chi connectivity index (χ3n) is 5.60. The number of benzene rings is 1. The van der Waals surface area contributed by atoms with Crippen LogP contribution in [0, 0.1) is 18.3 Å². The minimum atomic E-state index is -1.47. The third-order valence-corrected chi connectivity index (χ3v) is 5.60. The van der Waals surface area contributed by atoms with Crippen LogP contribution in [0.4, 0.5) is 11.5 Å². The number of nitriles is 1. The molecule has 0 aliphatic carbocycles. The lowest BCUT2D eigenvalue weighted by Crippen LogP contribution is -2.35. The number of aryl methyl sites for hydroxylation is 1. The first-order chi connectivity index (χ1) is 15.5. The van der Waals surface area contributed by atoms with E-state index in [-0.39, 0.29) is 6.04 Å². The van der Waals surface area contributed by atoms with Gasteiger partial charge in [0.25, 0.3) is 0 Å². The van der Waals surface area contributed by atoms with Crippen LogP contribution in [0.1, 0.15) is 48.1 Å². The molecule has 2 aromatic heterocycles. The molecule has 162 valence electrons. The summed E-state index contributed by atoms with van der Waals surface area (Å²) in [6, 6.07) is 15.0. The fraction of sp³-hybridized carbons (Fsp3) is 0.304. The lowest BCUT2D eigenvalue weighted by Gasteiger charge is -2.35. The maximum atomic E-state index is 9.49. The molecule has 1 atom stereocenters. The van der Waals surface area contributed by atoms with Crippen LogP contribution in [0.5, 0.6) is 0 Å². The molecule has 8 nitrogen and oxygen atoms in total. The van der Waals surface area contributed by atoms with E-state index in [2.05, 4.69) is 20.2 Å². The average molecular weight is 428 g/mol. The Hall–Kier alpha value is -3.32. The fourth-order valence-corrected chi connectivity index (χ4v) is 4.11. The van der Waals surface area contributed by atoms with E-state index in [0.29, 0.717) is 29.3 Å². The maximum Gasteiger partial charge on any atom is 0.488 e. The monoisotopic (exact) mass is 428 g/mol. The lowest BCUT2D eigenvalue weighted by atomic mass is 9.79. The van der Waals surface area contributed by atoms with Crippen LogP contribution in [0.25, 0.3) is 0 Å². The van der Waals surface area contributed by atoms with Crippen molar-refractivity contribution in [1.29, 1.82) is 5.26 Å². The molecule has 3 aromatic rings. The van der Waals surface area contributed by atoms with Crippen molar-refractivity contribution in [2.75, 3.05) is 11.9 Å². The number of hydrogen-bond acceptors (Lipinski definition) is 8. The fourth-order valence-electron chi connectivity index (χ4n) is 4.11. The molecule has 3 heterocycles.